The molecule has 3 rings (SSSR count). The van der Waals surface area contributed by atoms with Gasteiger partial charge in [0, 0.05) is 24.3 Å². The largest absolute Gasteiger partial charge is 0.337 e. The monoisotopic (exact) mass is 344 g/mol. The Morgan fingerprint density at radius 3 is 2.81 bits per heavy atom. The summed E-state index contributed by atoms with van der Waals surface area (Å²) >= 11 is 3.42. The fraction of sp³-hybridized carbons (Fsp3) is 0.250. The lowest BCUT2D eigenvalue weighted by molar-refractivity contribution is 0.795. The van der Waals surface area contributed by atoms with Crippen molar-refractivity contribution in [2.75, 3.05) is 5.32 Å². The van der Waals surface area contributed by atoms with E-state index in [1.54, 1.807) is 6.20 Å². The minimum atomic E-state index is 0.746. The van der Waals surface area contributed by atoms with Gasteiger partial charge in [0.05, 0.1) is 0 Å². The molecule has 0 aliphatic rings. The van der Waals surface area contributed by atoms with Crippen molar-refractivity contribution in [2.45, 2.75) is 26.2 Å². The van der Waals surface area contributed by atoms with Crippen molar-refractivity contribution in [3.8, 4) is 0 Å². The number of benzene rings is 1. The second-order valence-corrected chi connectivity index (χ2v) is 5.81. The zero-order valence-electron chi connectivity index (χ0n) is 11.9. The fourth-order valence-corrected chi connectivity index (χ4v) is 2.66. The second kappa shape index (κ2) is 6.26. The van der Waals surface area contributed by atoms with Crippen molar-refractivity contribution in [3.63, 3.8) is 0 Å². The average molecular weight is 345 g/mol. The second-order valence-electron chi connectivity index (χ2n) is 5.00. The molecule has 0 unspecified atom stereocenters. The molecule has 4 nitrogen and oxygen atoms in total. The maximum Gasteiger partial charge on any atom is 0.180 e. The Morgan fingerprint density at radius 1 is 1.24 bits per heavy atom. The van der Waals surface area contributed by atoms with Gasteiger partial charge >= 0.3 is 0 Å². The van der Waals surface area contributed by atoms with E-state index in [-0.39, 0.29) is 0 Å². The first-order chi connectivity index (χ1) is 10.3. The van der Waals surface area contributed by atoms with Gasteiger partial charge in [-0.2, -0.15) is 0 Å². The number of rotatable bonds is 5. The molecule has 0 saturated heterocycles. The molecule has 0 amide bonds. The summed E-state index contributed by atoms with van der Waals surface area (Å²) in [7, 11) is 0. The third-order valence-electron chi connectivity index (χ3n) is 3.38. The molecule has 2 heterocycles. The minimum Gasteiger partial charge on any atom is -0.337 e. The number of nitrogens with zero attached hydrogens (tertiary/aromatic N) is 3. The maximum atomic E-state index is 4.46. The molecule has 21 heavy (non-hydrogen) atoms. The van der Waals surface area contributed by atoms with E-state index >= 15 is 0 Å². The van der Waals surface area contributed by atoms with Crippen molar-refractivity contribution in [3.05, 3.63) is 53.0 Å². The predicted molar refractivity (Wildman–Crippen MR) is 89.0 cm³/mol. The number of aryl methyl sites for hydroxylation is 1. The summed E-state index contributed by atoms with van der Waals surface area (Å²) in [4.78, 5) is 8.79. The van der Waals surface area contributed by atoms with Crippen molar-refractivity contribution >= 4 is 33.1 Å². The number of halogens is 1. The SMILES string of the molecule is CCCCc1ccc(Nc2nc(Br)cn3ccnc23)cc1. The van der Waals surface area contributed by atoms with Crippen LogP contribution in [-0.2, 0) is 6.42 Å². The van der Waals surface area contributed by atoms with Crippen LogP contribution >= 0.6 is 15.9 Å². The summed E-state index contributed by atoms with van der Waals surface area (Å²) in [6.07, 6.45) is 9.15. The van der Waals surface area contributed by atoms with Crippen LogP contribution in [0.25, 0.3) is 5.65 Å². The van der Waals surface area contributed by atoms with Gasteiger partial charge in [-0.25, -0.2) is 9.97 Å². The molecule has 1 N–H and O–H groups in total. The van der Waals surface area contributed by atoms with E-state index in [1.165, 1.54) is 18.4 Å². The van der Waals surface area contributed by atoms with Gasteiger partial charge < -0.3 is 9.72 Å². The van der Waals surface area contributed by atoms with Gasteiger partial charge in [0.15, 0.2) is 11.5 Å². The first-order valence-corrected chi connectivity index (χ1v) is 7.91. The number of hydrogen-bond acceptors (Lipinski definition) is 3. The van der Waals surface area contributed by atoms with Gasteiger partial charge in [-0.3, -0.25) is 0 Å². The summed E-state index contributed by atoms with van der Waals surface area (Å²) < 4.78 is 2.71. The van der Waals surface area contributed by atoms with E-state index in [9.17, 15) is 0 Å². The molecular weight excluding hydrogens is 328 g/mol. The summed E-state index contributed by atoms with van der Waals surface area (Å²) in [5.41, 5.74) is 3.20. The van der Waals surface area contributed by atoms with Crippen LogP contribution in [0.3, 0.4) is 0 Å². The molecule has 5 heteroatoms. The highest BCUT2D eigenvalue weighted by molar-refractivity contribution is 9.10. The summed E-state index contributed by atoms with van der Waals surface area (Å²) in [5, 5.41) is 3.33. The highest BCUT2D eigenvalue weighted by Crippen LogP contribution is 2.22. The molecule has 0 fully saturated rings. The molecule has 0 aliphatic heterocycles. The fourth-order valence-electron chi connectivity index (χ4n) is 2.26. The highest BCUT2D eigenvalue weighted by Gasteiger charge is 2.06. The lowest BCUT2D eigenvalue weighted by atomic mass is 10.1. The van der Waals surface area contributed by atoms with Crippen LogP contribution in [0, 0.1) is 0 Å². The smallest absolute Gasteiger partial charge is 0.180 e. The van der Waals surface area contributed by atoms with Crippen molar-refractivity contribution in [1.29, 1.82) is 0 Å². The average Bonchev–Trinajstić information content (AvgIpc) is 2.95. The molecular formula is C16H17BrN4. The molecule has 0 saturated carbocycles. The first kappa shape index (κ1) is 14.1. The molecule has 1 aromatic carbocycles. The number of nitrogens with one attached hydrogen (secondary N) is 1. The number of imidazole rings is 1. The highest BCUT2D eigenvalue weighted by atomic mass is 79.9. The molecule has 0 radical (unpaired) electrons. The van der Waals surface area contributed by atoms with Crippen molar-refractivity contribution in [1.82, 2.24) is 14.4 Å². The van der Waals surface area contributed by atoms with Gasteiger partial charge in [0.2, 0.25) is 0 Å². The molecule has 2 aromatic heterocycles. The molecule has 0 atom stereocenters. The van der Waals surface area contributed by atoms with E-state index in [2.05, 4.69) is 62.4 Å². The number of hydrogen-bond donors (Lipinski definition) is 1. The zero-order chi connectivity index (χ0) is 14.7. The van der Waals surface area contributed by atoms with Crippen molar-refractivity contribution in [2.24, 2.45) is 0 Å². The van der Waals surface area contributed by atoms with Crippen LogP contribution in [0.15, 0.2) is 47.5 Å². The Labute approximate surface area is 132 Å². The Bertz CT molecular complexity index is 734. The standard InChI is InChI=1S/C16H17BrN4/c1-2-3-4-12-5-7-13(8-6-12)19-15-16-18-9-10-21(16)11-14(17)20-15/h5-11H,2-4H2,1H3,(H,19,20). The first-order valence-electron chi connectivity index (χ1n) is 7.11. The molecule has 0 aliphatic carbocycles. The number of unbranched alkanes of at least 4 members (excludes halogenated alkanes) is 1. The normalized spacial score (nSPS) is 11.0. The number of aromatic nitrogens is 3. The van der Waals surface area contributed by atoms with Crippen LogP contribution in [0.2, 0.25) is 0 Å². The van der Waals surface area contributed by atoms with Crippen molar-refractivity contribution < 1.29 is 0 Å². The topological polar surface area (TPSA) is 42.2 Å². The third-order valence-corrected chi connectivity index (χ3v) is 3.76. The Hall–Kier alpha value is -1.88. The lowest BCUT2D eigenvalue weighted by Gasteiger charge is -2.08. The van der Waals surface area contributed by atoms with Crippen LogP contribution < -0.4 is 5.32 Å². The van der Waals surface area contributed by atoms with E-state index in [0.29, 0.717) is 0 Å². The molecule has 0 spiro atoms. The lowest BCUT2D eigenvalue weighted by Crippen LogP contribution is -1.99. The summed E-state index contributed by atoms with van der Waals surface area (Å²) in [6, 6.07) is 8.51. The van der Waals surface area contributed by atoms with Crippen LogP contribution in [0.1, 0.15) is 25.3 Å². The van der Waals surface area contributed by atoms with Crippen LogP contribution in [0.4, 0.5) is 11.5 Å². The van der Waals surface area contributed by atoms with Gasteiger partial charge in [-0.15, -0.1) is 0 Å². The minimum absolute atomic E-state index is 0.746. The Morgan fingerprint density at radius 2 is 2.05 bits per heavy atom. The van der Waals surface area contributed by atoms with Crippen LogP contribution in [0.5, 0.6) is 0 Å². The molecule has 3 aromatic rings. The predicted octanol–water partition coefficient (Wildman–Crippen LogP) is 4.58. The zero-order valence-corrected chi connectivity index (χ0v) is 13.5. The molecule has 0 bridgehead atoms. The van der Waals surface area contributed by atoms with Gasteiger partial charge in [-0.05, 0) is 46.5 Å². The van der Waals surface area contributed by atoms with E-state index in [0.717, 1.165) is 28.2 Å². The van der Waals surface area contributed by atoms with Crippen LogP contribution in [-0.4, -0.2) is 14.4 Å². The third kappa shape index (κ3) is 3.24. The van der Waals surface area contributed by atoms with E-state index in [4.69, 9.17) is 0 Å². The quantitative estimate of drug-likeness (QED) is 0.736. The van der Waals surface area contributed by atoms with Gasteiger partial charge in [-0.1, -0.05) is 25.5 Å². The maximum absolute atomic E-state index is 4.46. The van der Waals surface area contributed by atoms with Gasteiger partial charge in [0.1, 0.15) is 4.60 Å². The summed E-state index contributed by atoms with van der Waals surface area (Å²) in [5.74, 6) is 0.746. The van der Waals surface area contributed by atoms with Gasteiger partial charge in [0.25, 0.3) is 0 Å². The Kier molecular flexibility index (Phi) is 4.20. The summed E-state index contributed by atoms with van der Waals surface area (Å²) in [6.45, 7) is 2.21. The van der Waals surface area contributed by atoms with E-state index in [1.807, 2.05) is 16.8 Å². The number of anilines is 2. The number of fused-ring (bicyclic) bond motifs is 1. The van der Waals surface area contributed by atoms with E-state index < -0.39 is 0 Å². The molecule has 108 valence electrons. The Balaban J connectivity index is 1.83.